The van der Waals surface area contributed by atoms with Crippen molar-refractivity contribution in [1.29, 1.82) is 0 Å². The van der Waals surface area contributed by atoms with Crippen LogP contribution in [0.5, 0.6) is 0 Å². The van der Waals surface area contributed by atoms with Crippen molar-refractivity contribution in [2.75, 3.05) is 13.1 Å². The second-order valence-corrected chi connectivity index (χ2v) is 15.6. The first-order valence-electron chi connectivity index (χ1n) is 19.6. The molecule has 2 fully saturated rings. The zero-order valence-corrected chi connectivity index (χ0v) is 32.6. The lowest BCUT2D eigenvalue weighted by Crippen LogP contribution is -2.58. The molecule has 16 nitrogen and oxygen atoms in total. The molecule has 0 radical (unpaired) electrons. The molecule has 1 aliphatic heterocycles. The standard InChI is InChI=1S/C42H50N8O8/c1-42(2,57)35-23-45-48-50(35)31-21-34(39(54)47-33(36(51)37(43)52)22-44-41(56)58-25-27-13-7-4-8-14-27)49(24-31)40(55)32(19-26-11-5-3-6-12-26)46-38(53)30-18-17-28-15-9-10-16-29(28)20-30/h4,7-10,13-18,20,23,26,31-34,57H,3,5-6,11-12,19,21-22,24-25H2,1-2H3,(H2,43,52)(H,44,56)(H,46,53)(H,47,54)/t31-,32+,33?,34-/m0/s1. The van der Waals surface area contributed by atoms with Crippen LogP contribution in [0.3, 0.4) is 0 Å². The lowest BCUT2D eigenvalue weighted by Gasteiger charge is -2.32. The number of fused-ring (bicyclic) bond motifs is 1. The molecule has 4 aromatic rings. The Labute approximate surface area is 335 Å². The minimum Gasteiger partial charge on any atom is -0.445 e. The van der Waals surface area contributed by atoms with E-state index >= 15 is 0 Å². The summed E-state index contributed by atoms with van der Waals surface area (Å²) in [6.45, 7) is 2.45. The number of rotatable bonds is 15. The van der Waals surface area contributed by atoms with Gasteiger partial charge in [0.15, 0.2) is 0 Å². The monoisotopic (exact) mass is 794 g/mol. The van der Waals surface area contributed by atoms with Crippen LogP contribution in [-0.2, 0) is 36.1 Å². The molecular formula is C42H50N8O8. The normalized spacial score (nSPS) is 18.2. The number of carbonyl (C=O) groups excluding carboxylic acids is 6. The van der Waals surface area contributed by atoms with Gasteiger partial charge in [-0.2, -0.15) is 0 Å². The highest BCUT2D eigenvalue weighted by Gasteiger charge is 2.45. The van der Waals surface area contributed by atoms with Gasteiger partial charge in [-0.05, 0) is 54.7 Å². The summed E-state index contributed by atoms with van der Waals surface area (Å²) in [6, 6.07) is 17.3. The fourth-order valence-electron chi connectivity index (χ4n) is 7.79. The molecule has 58 heavy (non-hydrogen) atoms. The Bertz CT molecular complexity index is 2130. The van der Waals surface area contributed by atoms with Crippen molar-refractivity contribution < 1.29 is 38.6 Å². The van der Waals surface area contributed by atoms with Crippen LogP contribution >= 0.6 is 0 Å². The van der Waals surface area contributed by atoms with Crippen molar-refractivity contribution in [3.63, 3.8) is 0 Å². The molecule has 0 bridgehead atoms. The van der Waals surface area contributed by atoms with Crippen LogP contribution in [0.25, 0.3) is 10.8 Å². The molecule has 2 aliphatic rings. The van der Waals surface area contributed by atoms with Gasteiger partial charge in [-0.3, -0.25) is 24.0 Å². The number of aromatic nitrogens is 3. The van der Waals surface area contributed by atoms with Gasteiger partial charge in [-0.25, -0.2) is 9.48 Å². The number of hydrogen-bond acceptors (Lipinski definition) is 10. The maximum absolute atomic E-state index is 14.9. The van der Waals surface area contributed by atoms with E-state index in [1.54, 1.807) is 50.2 Å². The van der Waals surface area contributed by atoms with E-state index in [0.717, 1.165) is 42.9 Å². The van der Waals surface area contributed by atoms with Crippen LogP contribution in [0.2, 0.25) is 0 Å². The van der Waals surface area contributed by atoms with Gasteiger partial charge < -0.3 is 36.4 Å². The van der Waals surface area contributed by atoms with Crippen LogP contribution in [0.1, 0.15) is 86.5 Å². The average Bonchev–Trinajstić information content (AvgIpc) is 3.90. The van der Waals surface area contributed by atoms with E-state index < -0.39 is 71.8 Å². The summed E-state index contributed by atoms with van der Waals surface area (Å²) in [5.74, 6) is -4.15. The second kappa shape index (κ2) is 18.4. The molecule has 1 aromatic heterocycles. The Hall–Kier alpha value is -6.16. The van der Waals surface area contributed by atoms with Gasteiger partial charge in [0.1, 0.15) is 30.3 Å². The minimum absolute atomic E-state index is 0.0250. The van der Waals surface area contributed by atoms with E-state index in [0.29, 0.717) is 23.2 Å². The minimum atomic E-state index is -1.60. The molecule has 16 heteroatoms. The summed E-state index contributed by atoms with van der Waals surface area (Å²) < 4.78 is 6.69. The number of likely N-dealkylation sites (tertiary alicyclic amines) is 1. The zero-order valence-electron chi connectivity index (χ0n) is 32.6. The summed E-state index contributed by atoms with van der Waals surface area (Å²) in [5.41, 5.74) is 5.40. The van der Waals surface area contributed by atoms with Crippen molar-refractivity contribution >= 4 is 46.3 Å². The third-order valence-corrected chi connectivity index (χ3v) is 10.9. The van der Waals surface area contributed by atoms with Crippen LogP contribution in [0.15, 0.2) is 79.0 Å². The predicted molar refractivity (Wildman–Crippen MR) is 212 cm³/mol. The topological polar surface area (TPSA) is 228 Å². The summed E-state index contributed by atoms with van der Waals surface area (Å²) in [4.78, 5) is 82.1. The summed E-state index contributed by atoms with van der Waals surface area (Å²) in [5, 5.41) is 28.8. The predicted octanol–water partition coefficient (Wildman–Crippen LogP) is 3.04. The number of ether oxygens (including phenoxy) is 1. The number of nitrogens with zero attached hydrogens (tertiary/aromatic N) is 4. The molecule has 6 N–H and O–H groups in total. The molecule has 6 rings (SSSR count). The Balaban J connectivity index is 1.26. The maximum Gasteiger partial charge on any atom is 0.407 e. The van der Waals surface area contributed by atoms with Gasteiger partial charge in [0, 0.05) is 25.1 Å². The first-order valence-corrected chi connectivity index (χ1v) is 19.6. The number of primary amides is 1. The molecule has 1 aliphatic carbocycles. The Kier molecular flexibility index (Phi) is 13.2. The van der Waals surface area contributed by atoms with Crippen molar-refractivity contribution in [3.05, 3.63) is 95.8 Å². The third-order valence-electron chi connectivity index (χ3n) is 10.9. The zero-order chi connectivity index (χ0) is 41.4. The van der Waals surface area contributed by atoms with E-state index in [9.17, 15) is 33.9 Å². The van der Waals surface area contributed by atoms with Crippen molar-refractivity contribution in [2.24, 2.45) is 11.7 Å². The number of nitrogens with one attached hydrogen (secondary N) is 3. The first-order chi connectivity index (χ1) is 27.8. The summed E-state index contributed by atoms with van der Waals surface area (Å²) in [7, 11) is 0. The van der Waals surface area contributed by atoms with Gasteiger partial charge in [0.05, 0.1) is 17.9 Å². The van der Waals surface area contributed by atoms with Crippen LogP contribution in [0, 0.1) is 5.92 Å². The number of alkyl carbamates (subject to hydrolysis) is 1. The summed E-state index contributed by atoms with van der Waals surface area (Å²) >= 11 is 0. The Morgan fingerprint density at radius 2 is 1.62 bits per heavy atom. The van der Waals surface area contributed by atoms with Gasteiger partial charge in [-0.15, -0.1) is 5.10 Å². The van der Waals surface area contributed by atoms with E-state index in [1.807, 2.05) is 36.4 Å². The Morgan fingerprint density at radius 1 is 0.914 bits per heavy atom. The molecule has 1 saturated heterocycles. The number of benzene rings is 3. The highest BCUT2D eigenvalue weighted by atomic mass is 16.5. The molecule has 4 atom stereocenters. The van der Waals surface area contributed by atoms with E-state index in [-0.39, 0.29) is 25.5 Å². The quantitative estimate of drug-likeness (QED) is 0.111. The van der Waals surface area contributed by atoms with E-state index in [2.05, 4.69) is 26.3 Å². The fourth-order valence-corrected chi connectivity index (χ4v) is 7.79. The molecule has 1 unspecified atom stereocenters. The fraction of sp³-hybridized carbons (Fsp3) is 0.429. The Morgan fingerprint density at radius 3 is 2.33 bits per heavy atom. The van der Waals surface area contributed by atoms with E-state index in [1.165, 1.54) is 15.8 Å². The SMILES string of the molecule is CC(C)(O)c1cnnn1[C@H]1C[C@@H](C(=O)NC(CNC(=O)OCc2ccccc2)C(=O)C(N)=O)N(C(=O)[C@@H](CC2CCCCC2)NC(=O)c2ccc3ccccc3c2)C1. The highest BCUT2D eigenvalue weighted by Crippen LogP contribution is 2.33. The highest BCUT2D eigenvalue weighted by molar-refractivity contribution is 6.38. The molecule has 5 amide bonds. The molecule has 2 heterocycles. The van der Waals surface area contributed by atoms with Gasteiger partial charge in [0.2, 0.25) is 17.6 Å². The lowest BCUT2D eigenvalue weighted by atomic mass is 9.84. The van der Waals surface area contributed by atoms with Crippen LogP contribution in [0.4, 0.5) is 4.79 Å². The number of aliphatic hydroxyl groups is 1. The summed E-state index contributed by atoms with van der Waals surface area (Å²) in [6.07, 6.45) is 5.65. The average molecular weight is 795 g/mol. The molecule has 1 saturated carbocycles. The number of hydrogen-bond donors (Lipinski definition) is 5. The van der Waals surface area contributed by atoms with E-state index in [4.69, 9.17) is 10.5 Å². The third kappa shape index (κ3) is 10.2. The lowest BCUT2D eigenvalue weighted by molar-refractivity contribution is -0.142. The largest absolute Gasteiger partial charge is 0.445 e. The second-order valence-electron chi connectivity index (χ2n) is 15.6. The molecular weight excluding hydrogens is 745 g/mol. The van der Waals surface area contributed by atoms with Gasteiger partial charge in [-0.1, -0.05) is 98.0 Å². The van der Waals surface area contributed by atoms with Gasteiger partial charge in [0.25, 0.3) is 11.8 Å². The molecule has 3 aromatic carbocycles. The smallest absolute Gasteiger partial charge is 0.407 e. The van der Waals surface area contributed by atoms with Crippen molar-refractivity contribution in [1.82, 2.24) is 35.8 Å². The van der Waals surface area contributed by atoms with Crippen LogP contribution < -0.4 is 21.7 Å². The van der Waals surface area contributed by atoms with Crippen molar-refractivity contribution in [2.45, 2.75) is 95.2 Å². The number of carbonyl (C=O) groups is 6. The van der Waals surface area contributed by atoms with Crippen LogP contribution in [-0.4, -0.2) is 91.7 Å². The first kappa shape index (κ1) is 41.5. The maximum atomic E-state index is 14.9. The van der Waals surface area contributed by atoms with Crippen molar-refractivity contribution in [3.8, 4) is 0 Å². The number of ketones is 1. The molecule has 306 valence electrons. The van der Waals surface area contributed by atoms with Gasteiger partial charge >= 0.3 is 6.09 Å². The molecule has 0 spiro atoms. The number of Topliss-reactive ketones (excluding diaryl/α,β-unsaturated/α-hetero) is 1. The number of nitrogens with two attached hydrogens (primary N) is 1. The number of amides is 5.